The molecule has 0 spiro atoms. The zero-order valence-electron chi connectivity index (χ0n) is 9.25. The van der Waals surface area contributed by atoms with Crippen LogP contribution in [0.2, 0.25) is 0 Å². The van der Waals surface area contributed by atoms with Crippen molar-refractivity contribution in [2.24, 2.45) is 0 Å². The average Bonchev–Trinajstić information content (AvgIpc) is 2.33. The van der Waals surface area contributed by atoms with E-state index >= 15 is 0 Å². The normalized spacial score (nSPS) is 9.33. The van der Waals surface area contributed by atoms with Crippen LogP contribution in [0.5, 0.6) is 5.75 Å². The molecule has 0 aliphatic rings. The minimum atomic E-state index is 0.874. The van der Waals surface area contributed by atoms with Gasteiger partial charge in [0, 0.05) is 0 Å². The Kier molecular flexibility index (Phi) is 4.63. The van der Waals surface area contributed by atoms with Crippen LogP contribution in [0.1, 0.15) is 13.8 Å². The molecule has 0 aliphatic carbocycles. The third-order valence-corrected chi connectivity index (χ3v) is 2.87. The molecule has 0 atom stereocenters. The van der Waals surface area contributed by atoms with Crippen molar-refractivity contribution in [3.8, 4) is 5.75 Å². The summed E-state index contributed by atoms with van der Waals surface area (Å²) in [6.45, 7) is 4.00. The summed E-state index contributed by atoms with van der Waals surface area (Å²) < 4.78 is 6.23. The predicted molar refractivity (Wildman–Crippen MR) is 69.5 cm³/mol. The standard InChI is InChI=1S/C11H9BrO.C2H6/c1-13-10-7-6-8-4-2-3-5-9(8)11(10)12;1-2/h2-7H,1H3;1-2H3. The molecule has 0 amide bonds. The molecule has 0 saturated carbocycles. The molecule has 1 nitrogen and oxygen atoms in total. The highest BCUT2D eigenvalue weighted by molar-refractivity contribution is 9.10. The zero-order valence-corrected chi connectivity index (χ0v) is 10.8. The van der Waals surface area contributed by atoms with Crippen molar-refractivity contribution in [1.82, 2.24) is 0 Å². The summed E-state index contributed by atoms with van der Waals surface area (Å²) in [6, 6.07) is 12.2. The van der Waals surface area contributed by atoms with Gasteiger partial charge in [0.05, 0.1) is 11.6 Å². The van der Waals surface area contributed by atoms with E-state index in [4.69, 9.17) is 4.74 Å². The Morgan fingerprint density at radius 2 is 1.67 bits per heavy atom. The lowest BCUT2D eigenvalue weighted by molar-refractivity contribution is 0.413. The largest absolute Gasteiger partial charge is 0.496 e. The van der Waals surface area contributed by atoms with Crippen LogP contribution in [0.15, 0.2) is 40.9 Å². The number of benzene rings is 2. The second-order valence-electron chi connectivity index (χ2n) is 2.80. The summed E-state index contributed by atoms with van der Waals surface area (Å²) in [5.41, 5.74) is 0. The highest BCUT2D eigenvalue weighted by Gasteiger charge is 2.03. The van der Waals surface area contributed by atoms with Crippen LogP contribution in [0.25, 0.3) is 10.8 Å². The lowest BCUT2D eigenvalue weighted by Gasteiger charge is -2.05. The molecule has 80 valence electrons. The van der Waals surface area contributed by atoms with E-state index in [0.29, 0.717) is 0 Å². The van der Waals surface area contributed by atoms with Gasteiger partial charge in [-0.1, -0.05) is 44.2 Å². The summed E-state index contributed by atoms with van der Waals surface area (Å²) in [4.78, 5) is 0. The van der Waals surface area contributed by atoms with E-state index < -0.39 is 0 Å². The maximum absolute atomic E-state index is 5.21. The molecule has 0 radical (unpaired) electrons. The van der Waals surface area contributed by atoms with Crippen LogP contribution in [-0.4, -0.2) is 7.11 Å². The van der Waals surface area contributed by atoms with E-state index in [0.717, 1.165) is 10.2 Å². The zero-order chi connectivity index (χ0) is 11.3. The van der Waals surface area contributed by atoms with Gasteiger partial charge in [0.1, 0.15) is 5.75 Å². The Bertz CT molecular complexity index is 437. The molecule has 0 aromatic heterocycles. The number of hydrogen-bond acceptors (Lipinski definition) is 1. The van der Waals surface area contributed by atoms with Gasteiger partial charge >= 0.3 is 0 Å². The van der Waals surface area contributed by atoms with Crippen LogP contribution in [0.3, 0.4) is 0 Å². The summed E-state index contributed by atoms with van der Waals surface area (Å²) in [5.74, 6) is 0.874. The number of rotatable bonds is 1. The summed E-state index contributed by atoms with van der Waals surface area (Å²) in [7, 11) is 1.68. The maximum Gasteiger partial charge on any atom is 0.133 e. The summed E-state index contributed by atoms with van der Waals surface area (Å²) in [6.07, 6.45) is 0. The molecule has 0 unspecified atom stereocenters. The monoisotopic (exact) mass is 266 g/mol. The molecular formula is C13H15BrO. The third-order valence-electron chi connectivity index (χ3n) is 2.05. The number of hydrogen-bond donors (Lipinski definition) is 0. The van der Waals surface area contributed by atoms with Gasteiger partial charge in [0.25, 0.3) is 0 Å². The predicted octanol–water partition coefficient (Wildman–Crippen LogP) is 4.64. The van der Waals surface area contributed by atoms with Crippen molar-refractivity contribution >= 4 is 26.7 Å². The van der Waals surface area contributed by atoms with E-state index in [1.807, 2.05) is 32.0 Å². The molecular weight excluding hydrogens is 252 g/mol. The van der Waals surface area contributed by atoms with Crippen molar-refractivity contribution < 1.29 is 4.74 Å². The Balaban J connectivity index is 0.000000531. The Labute approximate surface area is 99.2 Å². The van der Waals surface area contributed by atoms with Crippen LogP contribution in [0, 0.1) is 0 Å². The molecule has 2 heteroatoms. The fourth-order valence-electron chi connectivity index (χ4n) is 1.37. The summed E-state index contributed by atoms with van der Waals surface area (Å²) in [5, 5.41) is 2.40. The van der Waals surface area contributed by atoms with Gasteiger partial charge in [-0.05, 0) is 32.8 Å². The van der Waals surface area contributed by atoms with Gasteiger partial charge in [0.15, 0.2) is 0 Å². The van der Waals surface area contributed by atoms with E-state index in [1.165, 1.54) is 10.8 Å². The van der Waals surface area contributed by atoms with Gasteiger partial charge in [0.2, 0.25) is 0 Å². The lowest BCUT2D eigenvalue weighted by Crippen LogP contribution is -1.84. The molecule has 0 heterocycles. The molecule has 2 aromatic carbocycles. The maximum atomic E-state index is 5.21. The molecule has 0 bridgehead atoms. The fraction of sp³-hybridized carbons (Fsp3) is 0.231. The molecule has 15 heavy (non-hydrogen) atoms. The second-order valence-corrected chi connectivity index (χ2v) is 3.60. The van der Waals surface area contributed by atoms with Crippen molar-refractivity contribution in [3.05, 3.63) is 40.9 Å². The minimum Gasteiger partial charge on any atom is -0.496 e. The quantitative estimate of drug-likeness (QED) is 0.731. The van der Waals surface area contributed by atoms with Crippen molar-refractivity contribution in [1.29, 1.82) is 0 Å². The molecule has 0 N–H and O–H groups in total. The van der Waals surface area contributed by atoms with Crippen LogP contribution < -0.4 is 4.74 Å². The number of methoxy groups -OCH3 is 1. The Morgan fingerprint density at radius 3 is 2.33 bits per heavy atom. The van der Waals surface area contributed by atoms with Crippen molar-refractivity contribution in [3.63, 3.8) is 0 Å². The number of fused-ring (bicyclic) bond motifs is 1. The lowest BCUT2D eigenvalue weighted by atomic mass is 10.1. The van der Waals surface area contributed by atoms with Gasteiger partial charge < -0.3 is 4.74 Å². The van der Waals surface area contributed by atoms with Crippen LogP contribution >= 0.6 is 15.9 Å². The Morgan fingerprint density at radius 1 is 1.00 bits per heavy atom. The van der Waals surface area contributed by atoms with E-state index in [2.05, 4.69) is 34.1 Å². The SMILES string of the molecule is CC.COc1ccc2ccccc2c1Br. The molecule has 0 saturated heterocycles. The number of halogens is 1. The second kappa shape index (κ2) is 5.76. The van der Waals surface area contributed by atoms with Crippen LogP contribution in [-0.2, 0) is 0 Å². The molecule has 2 aromatic rings. The number of ether oxygens (including phenoxy) is 1. The van der Waals surface area contributed by atoms with Gasteiger partial charge in [-0.15, -0.1) is 0 Å². The average molecular weight is 267 g/mol. The highest BCUT2D eigenvalue weighted by atomic mass is 79.9. The molecule has 2 rings (SSSR count). The molecule has 0 fully saturated rings. The third kappa shape index (κ3) is 2.51. The first kappa shape index (κ1) is 12.1. The van der Waals surface area contributed by atoms with Crippen molar-refractivity contribution in [2.45, 2.75) is 13.8 Å². The van der Waals surface area contributed by atoms with E-state index in [-0.39, 0.29) is 0 Å². The first-order valence-electron chi connectivity index (χ1n) is 5.04. The van der Waals surface area contributed by atoms with E-state index in [9.17, 15) is 0 Å². The van der Waals surface area contributed by atoms with Gasteiger partial charge in [-0.3, -0.25) is 0 Å². The minimum absolute atomic E-state index is 0.874. The van der Waals surface area contributed by atoms with Gasteiger partial charge in [-0.25, -0.2) is 0 Å². The first-order valence-corrected chi connectivity index (χ1v) is 5.83. The van der Waals surface area contributed by atoms with E-state index in [1.54, 1.807) is 7.11 Å². The fourth-order valence-corrected chi connectivity index (χ4v) is 2.03. The Hall–Kier alpha value is -1.02. The smallest absolute Gasteiger partial charge is 0.133 e. The summed E-state index contributed by atoms with van der Waals surface area (Å²) >= 11 is 3.52. The molecule has 0 aliphatic heterocycles. The highest BCUT2D eigenvalue weighted by Crippen LogP contribution is 2.32. The van der Waals surface area contributed by atoms with Crippen molar-refractivity contribution in [2.75, 3.05) is 7.11 Å². The van der Waals surface area contributed by atoms with Crippen LogP contribution in [0.4, 0.5) is 0 Å². The first-order chi connectivity index (χ1) is 7.33. The topological polar surface area (TPSA) is 9.23 Å². The van der Waals surface area contributed by atoms with Gasteiger partial charge in [-0.2, -0.15) is 0 Å².